The molecule has 132 valence electrons. The summed E-state index contributed by atoms with van der Waals surface area (Å²) in [5, 5.41) is 12.5. The van der Waals surface area contributed by atoms with Gasteiger partial charge in [0.1, 0.15) is 5.75 Å². The topological polar surface area (TPSA) is 84.9 Å². The zero-order valence-electron chi connectivity index (χ0n) is 14.1. The summed E-state index contributed by atoms with van der Waals surface area (Å²) < 4.78 is 10.6. The fourth-order valence-corrected chi connectivity index (χ4v) is 2.42. The average molecular weight is 351 g/mol. The Morgan fingerprint density at radius 2 is 1.96 bits per heavy atom. The normalized spacial score (nSPS) is 15.1. The van der Waals surface area contributed by atoms with Gasteiger partial charge in [0, 0.05) is 5.69 Å². The number of aromatic hydroxyl groups is 1. The minimum absolute atomic E-state index is 0.0195. The maximum Gasteiger partial charge on any atom is 0.347 e. The number of esters is 1. The first-order valence-corrected chi connectivity index (χ1v) is 8.05. The first kappa shape index (κ1) is 17.3. The van der Waals surface area contributed by atoms with Crippen molar-refractivity contribution in [3.05, 3.63) is 77.4 Å². The standard InChI is InChI=1S/C20H17NO5/c1-2-25-20(24)17-18(23)16(12-13-7-6-10-15(22)11-13)26-19(17)21-14-8-4-3-5-9-14/h3-12,21-22H,2H2,1H3/b16-12+. The molecule has 0 bridgehead atoms. The van der Waals surface area contributed by atoms with E-state index in [1.54, 1.807) is 31.2 Å². The second-order valence-corrected chi connectivity index (χ2v) is 5.45. The van der Waals surface area contributed by atoms with Crippen molar-refractivity contribution in [1.82, 2.24) is 0 Å². The Kier molecular flexibility index (Phi) is 5.03. The Morgan fingerprint density at radius 3 is 2.65 bits per heavy atom. The Balaban J connectivity index is 1.94. The number of allylic oxidation sites excluding steroid dienone is 1. The van der Waals surface area contributed by atoms with E-state index < -0.39 is 11.8 Å². The van der Waals surface area contributed by atoms with Crippen molar-refractivity contribution in [3.8, 4) is 5.75 Å². The number of para-hydroxylation sites is 1. The second kappa shape index (κ2) is 7.57. The molecule has 6 heteroatoms. The summed E-state index contributed by atoms with van der Waals surface area (Å²) in [7, 11) is 0. The van der Waals surface area contributed by atoms with Crippen LogP contribution >= 0.6 is 0 Å². The number of nitrogens with one attached hydrogen (secondary N) is 1. The molecule has 3 rings (SSSR count). The van der Waals surface area contributed by atoms with Gasteiger partial charge >= 0.3 is 5.97 Å². The SMILES string of the molecule is CCOC(=O)C1=C(Nc2ccccc2)O/C(=C/c2cccc(O)c2)C1=O. The third-order valence-corrected chi connectivity index (χ3v) is 3.57. The minimum Gasteiger partial charge on any atom is -0.508 e. The number of anilines is 1. The quantitative estimate of drug-likeness (QED) is 0.489. The van der Waals surface area contributed by atoms with Crippen LogP contribution in [0.3, 0.4) is 0 Å². The summed E-state index contributed by atoms with van der Waals surface area (Å²) in [6.45, 7) is 1.80. The maximum atomic E-state index is 12.7. The van der Waals surface area contributed by atoms with Gasteiger partial charge < -0.3 is 19.9 Å². The molecule has 2 aromatic rings. The third-order valence-electron chi connectivity index (χ3n) is 3.57. The van der Waals surface area contributed by atoms with E-state index in [9.17, 15) is 14.7 Å². The summed E-state index contributed by atoms with van der Waals surface area (Å²) in [6.07, 6.45) is 1.46. The van der Waals surface area contributed by atoms with Gasteiger partial charge in [-0.25, -0.2) is 4.79 Å². The number of Topliss-reactive ketones (excluding diaryl/α,β-unsaturated/α-hetero) is 1. The molecule has 1 aliphatic rings. The van der Waals surface area contributed by atoms with Gasteiger partial charge in [-0.15, -0.1) is 0 Å². The second-order valence-electron chi connectivity index (χ2n) is 5.45. The molecule has 6 nitrogen and oxygen atoms in total. The van der Waals surface area contributed by atoms with Crippen molar-refractivity contribution in [1.29, 1.82) is 0 Å². The van der Waals surface area contributed by atoms with E-state index >= 15 is 0 Å². The lowest BCUT2D eigenvalue weighted by Crippen LogP contribution is -2.16. The molecule has 0 saturated carbocycles. The van der Waals surface area contributed by atoms with E-state index in [1.807, 2.05) is 18.2 Å². The molecule has 0 saturated heterocycles. The third kappa shape index (κ3) is 3.75. The number of ketones is 1. The molecule has 2 N–H and O–H groups in total. The van der Waals surface area contributed by atoms with Gasteiger partial charge in [-0.3, -0.25) is 4.79 Å². The molecule has 0 unspecified atom stereocenters. The van der Waals surface area contributed by atoms with Gasteiger partial charge in [0.25, 0.3) is 0 Å². The van der Waals surface area contributed by atoms with E-state index in [0.717, 1.165) is 0 Å². The number of phenols is 1. The Labute approximate surface area is 150 Å². The van der Waals surface area contributed by atoms with E-state index in [0.29, 0.717) is 11.3 Å². The predicted molar refractivity (Wildman–Crippen MR) is 95.9 cm³/mol. The lowest BCUT2D eigenvalue weighted by atomic mass is 10.1. The summed E-state index contributed by atoms with van der Waals surface area (Å²) in [5.74, 6) is -1.28. The molecule has 0 fully saturated rings. The molecule has 1 heterocycles. The highest BCUT2D eigenvalue weighted by molar-refractivity contribution is 6.26. The summed E-state index contributed by atoms with van der Waals surface area (Å²) in [5.41, 5.74) is 1.04. The van der Waals surface area contributed by atoms with Crippen LogP contribution in [0.15, 0.2) is 71.8 Å². The molecule has 0 amide bonds. The fourth-order valence-electron chi connectivity index (χ4n) is 2.42. The van der Waals surface area contributed by atoms with Crippen molar-refractivity contribution >= 4 is 23.5 Å². The summed E-state index contributed by atoms with van der Waals surface area (Å²) >= 11 is 0. The lowest BCUT2D eigenvalue weighted by Gasteiger charge is -2.08. The van der Waals surface area contributed by atoms with Crippen LogP contribution in [0.5, 0.6) is 5.75 Å². The zero-order chi connectivity index (χ0) is 18.5. The van der Waals surface area contributed by atoms with Gasteiger partial charge in [-0.2, -0.15) is 0 Å². The molecule has 26 heavy (non-hydrogen) atoms. The monoisotopic (exact) mass is 351 g/mol. The van der Waals surface area contributed by atoms with Gasteiger partial charge in [0.2, 0.25) is 11.7 Å². The highest BCUT2D eigenvalue weighted by Crippen LogP contribution is 2.29. The van der Waals surface area contributed by atoms with Gasteiger partial charge in [-0.05, 0) is 42.8 Å². The van der Waals surface area contributed by atoms with Crippen molar-refractivity contribution in [3.63, 3.8) is 0 Å². The molecule has 0 spiro atoms. The number of ether oxygens (including phenoxy) is 2. The highest BCUT2D eigenvalue weighted by Gasteiger charge is 2.36. The molecule has 0 radical (unpaired) electrons. The molecular formula is C20H17NO5. The largest absolute Gasteiger partial charge is 0.508 e. The molecular weight excluding hydrogens is 334 g/mol. The van der Waals surface area contributed by atoms with Gasteiger partial charge in [0.05, 0.1) is 6.61 Å². The van der Waals surface area contributed by atoms with Crippen molar-refractivity contribution in [2.75, 3.05) is 11.9 Å². The van der Waals surface area contributed by atoms with E-state index in [-0.39, 0.29) is 29.6 Å². The lowest BCUT2D eigenvalue weighted by molar-refractivity contribution is -0.139. The van der Waals surface area contributed by atoms with E-state index in [2.05, 4.69) is 5.32 Å². The van der Waals surface area contributed by atoms with Crippen LogP contribution in [0.25, 0.3) is 6.08 Å². The smallest absolute Gasteiger partial charge is 0.347 e. The van der Waals surface area contributed by atoms with Crippen LogP contribution < -0.4 is 5.32 Å². The van der Waals surface area contributed by atoms with Crippen LogP contribution in [-0.4, -0.2) is 23.5 Å². The molecule has 0 atom stereocenters. The molecule has 0 aliphatic carbocycles. The summed E-state index contributed by atoms with van der Waals surface area (Å²) in [4.78, 5) is 24.9. The number of benzene rings is 2. The van der Waals surface area contributed by atoms with Crippen molar-refractivity contribution in [2.24, 2.45) is 0 Å². The van der Waals surface area contributed by atoms with E-state index in [1.165, 1.54) is 18.2 Å². The predicted octanol–water partition coefficient (Wildman–Crippen LogP) is 3.22. The van der Waals surface area contributed by atoms with Crippen molar-refractivity contribution < 1.29 is 24.2 Å². The van der Waals surface area contributed by atoms with Crippen LogP contribution in [0.4, 0.5) is 5.69 Å². The first-order valence-electron chi connectivity index (χ1n) is 8.05. The minimum atomic E-state index is -0.754. The Morgan fingerprint density at radius 1 is 1.19 bits per heavy atom. The fraction of sp³-hybridized carbons (Fsp3) is 0.100. The summed E-state index contributed by atoms with van der Waals surface area (Å²) in [6, 6.07) is 15.4. The number of rotatable bonds is 5. The van der Waals surface area contributed by atoms with Crippen molar-refractivity contribution in [2.45, 2.75) is 6.92 Å². The Hall–Kier alpha value is -3.54. The van der Waals surface area contributed by atoms with Crippen LogP contribution in [-0.2, 0) is 19.1 Å². The van der Waals surface area contributed by atoms with Crippen LogP contribution in [0, 0.1) is 0 Å². The van der Waals surface area contributed by atoms with Crippen LogP contribution in [0.1, 0.15) is 12.5 Å². The highest BCUT2D eigenvalue weighted by atomic mass is 16.5. The van der Waals surface area contributed by atoms with E-state index in [4.69, 9.17) is 9.47 Å². The maximum absolute atomic E-state index is 12.7. The molecule has 2 aromatic carbocycles. The number of phenolic OH excluding ortho intramolecular Hbond substituents is 1. The van der Waals surface area contributed by atoms with Crippen LogP contribution in [0.2, 0.25) is 0 Å². The first-order chi connectivity index (χ1) is 12.6. The number of hydrogen-bond donors (Lipinski definition) is 2. The number of carbonyl (C=O) groups is 2. The zero-order valence-corrected chi connectivity index (χ0v) is 14.1. The number of carbonyl (C=O) groups excluding carboxylic acids is 2. The molecule has 1 aliphatic heterocycles. The molecule has 0 aromatic heterocycles. The number of hydrogen-bond acceptors (Lipinski definition) is 6. The Bertz CT molecular complexity index is 899. The average Bonchev–Trinajstić information content (AvgIpc) is 2.91. The van der Waals surface area contributed by atoms with Gasteiger partial charge in [0.15, 0.2) is 11.3 Å². The van der Waals surface area contributed by atoms with Gasteiger partial charge in [-0.1, -0.05) is 30.3 Å².